The number of sulfonamides is 1. The van der Waals surface area contributed by atoms with E-state index in [1.165, 1.54) is 16.4 Å². The molecule has 0 saturated heterocycles. The van der Waals surface area contributed by atoms with Gasteiger partial charge in [-0.3, -0.25) is 0 Å². The standard InChI is InChI=1S/C19H23NO6S/c1-3-20(10-11-24-17-7-5-4-6-16(17)23-2)27(21,22)15-8-9-18-19(14-15)26-13-12-25-18/h4-9,14H,3,10-13H2,1-2H3. The van der Waals surface area contributed by atoms with Crippen molar-refractivity contribution in [1.29, 1.82) is 0 Å². The van der Waals surface area contributed by atoms with E-state index in [2.05, 4.69) is 0 Å². The van der Waals surface area contributed by atoms with Crippen molar-refractivity contribution in [2.24, 2.45) is 0 Å². The molecule has 0 saturated carbocycles. The van der Waals surface area contributed by atoms with Crippen LogP contribution in [0.15, 0.2) is 47.4 Å². The largest absolute Gasteiger partial charge is 0.493 e. The second-order valence-electron chi connectivity index (χ2n) is 5.80. The third-order valence-electron chi connectivity index (χ3n) is 4.17. The van der Waals surface area contributed by atoms with Crippen molar-refractivity contribution < 1.29 is 27.4 Å². The van der Waals surface area contributed by atoms with E-state index in [-0.39, 0.29) is 18.0 Å². The molecule has 0 bridgehead atoms. The van der Waals surface area contributed by atoms with E-state index < -0.39 is 10.0 Å². The van der Waals surface area contributed by atoms with Crippen LogP contribution in [-0.2, 0) is 10.0 Å². The van der Waals surface area contributed by atoms with Gasteiger partial charge in [0.2, 0.25) is 10.0 Å². The highest BCUT2D eigenvalue weighted by Crippen LogP contribution is 2.33. The first-order valence-corrected chi connectivity index (χ1v) is 10.2. The molecular weight excluding hydrogens is 370 g/mol. The van der Waals surface area contributed by atoms with Crippen molar-refractivity contribution in [3.63, 3.8) is 0 Å². The van der Waals surface area contributed by atoms with Crippen LogP contribution >= 0.6 is 0 Å². The third-order valence-corrected chi connectivity index (χ3v) is 6.14. The molecule has 2 aromatic carbocycles. The smallest absolute Gasteiger partial charge is 0.243 e. The van der Waals surface area contributed by atoms with Crippen molar-refractivity contribution in [2.45, 2.75) is 11.8 Å². The number of hydrogen-bond acceptors (Lipinski definition) is 6. The van der Waals surface area contributed by atoms with Crippen molar-refractivity contribution in [1.82, 2.24) is 4.31 Å². The van der Waals surface area contributed by atoms with Crippen LogP contribution in [0.5, 0.6) is 23.0 Å². The van der Waals surface area contributed by atoms with E-state index >= 15 is 0 Å². The maximum atomic E-state index is 13.0. The first-order chi connectivity index (χ1) is 13.1. The number of benzene rings is 2. The van der Waals surface area contributed by atoms with Gasteiger partial charge in [0.1, 0.15) is 19.8 Å². The van der Waals surface area contributed by atoms with Crippen molar-refractivity contribution >= 4 is 10.0 Å². The van der Waals surface area contributed by atoms with Crippen LogP contribution in [-0.4, -0.2) is 52.7 Å². The Labute approximate surface area is 159 Å². The number of nitrogens with zero attached hydrogens (tertiary/aromatic N) is 1. The SMILES string of the molecule is CCN(CCOc1ccccc1OC)S(=O)(=O)c1ccc2c(c1)OCCO2. The molecule has 0 fully saturated rings. The fourth-order valence-electron chi connectivity index (χ4n) is 2.78. The predicted molar refractivity (Wildman–Crippen MR) is 100 cm³/mol. The molecule has 3 rings (SSSR count). The molecule has 0 unspecified atom stereocenters. The molecule has 2 aromatic rings. The van der Waals surface area contributed by atoms with Gasteiger partial charge in [0.05, 0.1) is 12.0 Å². The Balaban J connectivity index is 1.70. The number of likely N-dealkylation sites (N-methyl/N-ethyl adjacent to an activating group) is 1. The van der Waals surface area contributed by atoms with Crippen LogP contribution in [0.2, 0.25) is 0 Å². The molecule has 1 heterocycles. The lowest BCUT2D eigenvalue weighted by Crippen LogP contribution is -2.34. The van der Waals surface area contributed by atoms with Crippen molar-refractivity contribution in [3.8, 4) is 23.0 Å². The Bertz CT molecular complexity index is 884. The number of fused-ring (bicyclic) bond motifs is 1. The van der Waals surface area contributed by atoms with E-state index in [4.69, 9.17) is 18.9 Å². The van der Waals surface area contributed by atoms with Gasteiger partial charge in [-0.2, -0.15) is 4.31 Å². The van der Waals surface area contributed by atoms with Gasteiger partial charge in [-0.15, -0.1) is 0 Å². The summed E-state index contributed by atoms with van der Waals surface area (Å²) < 4.78 is 49.2. The first kappa shape index (κ1) is 19.3. The average Bonchev–Trinajstić information content (AvgIpc) is 2.71. The van der Waals surface area contributed by atoms with Gasteiger partial charge in [-0.25, -0.2) is 8.42 Å². The first-order valence-electron chi connectivity index (χ1n) is 8.72. The van der Waals surface area contributed by atoms with Crippen LogP contribution < -0.4 is 18.9 Å². The average molecular weight is 393 g/mol. The Morgan fingerprint density at radius 1 is 1.04 bits per heavy atom. The molecule has 1 aliphatic rings. The lowest BCUT2D eigenvalue weighted by molar-refractivity contribution is 0.171. The zero-order chi connectivity index (χ0) is 19.3. The summed E-state index contributed by atoms with van der Waals surface area (Å²) in [5.74, 6) is 2.19. The summed E-state index contributed by atoms with van der Waals surface area (Å²) >= 11 is 0. The predicted octanol–water partition coefficient (Wildman–Crippen LogP) is 2.56. The summed E-state index contributed by atoms with van der Waals surface area (Å²) in [5, 5.41) is 0. The van der Waals surface area contributed by atoms with Gasteiger partial charge < -0.3 is 18.9 Å². The molecule has 0 amide bonds. The summed E-state index contributed by atoms with van der Waals surface area (Å²) in [6, 6.07) is 11.9. The summed E-state index contributed by atoms with van der Waals surface area (Å²) in [4.78, 5) is 0.172. The summed E-state index contributed by atoms with van der Waals surface area (Å²) in [7, 11) is -2.11. The van der Waals surface area contributed by atoms with Gasteiger partial charge in [0.15, 0.2) is 23.0 Å². The van der Waals surface area contributed by atoms with Crippen LogP contribution in [0.25, 0.3) is 0 Å². The molecule has 7 nitrogen and oxygen atoms in total. The van der Waals surface area contributed by atoms with Gasteiger partial charge in [-0.1, -0.05) is 19.1 Å². The molecule has 0 N–H and O–H groups in total. The number of methoxy groups -OCH3 is 1. The Kier molecular flexibility index (Phi) is 6.08. The summed E-state index contributed by atoms with van der Waals surface area (Å²) in [5.41, 5.74) is 0. The second kappa shape index (κ2) is 8.49. The van der Waals surface area contributed by atoms with E-state index in [0.29, 0.717) is 42.8 Å². The van der Waals surface area contributed by atoms with E-state index in [0.717, 1.165) is 0 Å². The van der Waals surface area contributed by atoms with Crippen LogP contribution in [0.3, 0.4) is 0 Å². The third kappa shape index (κ3) is 4.28. The van der Waals surface area contributed by atoms with Gasteiger partial charge in [0, 0.05) is 19.2 Å². The summed E-state index contributed by atoms with van der Waals surface area (Å²) in [6.07, 6.45) is 0. The fourth-order valence-corrected chi connectivity index (χ4v) is 4.23. The Hall–Kier alpha value is -2.45. The van der Waals surface area contributed by atoms with Gasteiger partial charge in [0.25, 0.3) is 0 Å². The van der Waals surface area contributed by atoms with Crippen LogP contribution in [0, 0.1) is 0 Å². The fraction of sp³-hybridized carbons (Fsp3) is 0.368. The molecule has 0 atom stereocenters. The zero-order valence-electron chi connectivity index (χ0n) is 15.4. The minimum absolute atomic E-state index is 0.172. The number of ether oxygens (including phenoxy) is 4. The topological polar surface area (TPSA) is 74.3 Å². The number of para-hydroxylation sites is 2. The van der Waals surface area contributed by atoms with E-state index in [9.17, 15) is 8.42 Å². The highest BCUT2D eigenvalue weighted by atomic mass is 32.2. The van der Waals surface area contributed by atoms with Crippen LogP contribution in [0.4, 0.5) is 0 Å². The molecule has 27 heavy (non-hydrogen) atoms. The minimum atomic E-state index is -3.67. The molecule has 0 aromatic heterocycles. The zero-order valence-corrected chi connectivity index (χ0v) is 16.2. The minimum Gasteiger partial charge on any atom is -0.493 e. The van der Waals surface area contributed by atoms with E-state index in [1.54, 1.807) is 32.2 Å². The van der Waals surface area contributed by atoms with Gasteiger partial charge in [-0.05, 0) is 24.3 Å². The molecular formula is C19H23NO6S. The lowest BCUT2D eigenvalue weighted by Gasteiger charge is -2.23. The molecule has 0 aliphatic carbocycles. The van der Waals surface area contributed by atoms with Gasteiger partial charge >= 0.3 is 0 Å². The van der Waals surface area contributed by atoms with E-state index in [1.807, 2.05) is 12.1 Å². The second-order valence-corrected chi connectivity index (χ2v) is 7.74. The lowest BCUT2D eigenvalue weighted by atomic mass is 10.3. The quantitative estimate of drug-likeness (QED) is 0.686. The summed E-state index contributed by atoms with van der Waals surface area (Å²) in [6.45, 7) is 3.40. The maximum absolute atomic E-state index is 13.0. The Morgan fingerprint density at radius 3 is 2.44 bits per heavy atom. The number of hydrogen-bond donors (Lipinski definition) is 0. The Morgan fingerprint density at radius 2 is 1.74 bits per heavy atom. The molecule has 8 heteroatoms. The number of rotatable bonds is 8. The van der Waals surface area contributed by atoms with Crippen LogP contribution in [0.1, 0.15) is 6.92 Å². The highest BCUT2D eigenvalue weighted by molar-refractivity contribution is 7.89. The molecule has 0 radical (unpaired) electrons. The monoisotopic (exact) mass is 393 g/mol. The highest BCUT2D eigenvalue weighted by Gasteiger charge is 2.25. The van der Waals surface area contributed by atoms with Crippen molar-refractivity contribution in [2.75, 3.05) is 40.0 Å². The molecule has 146 valence electrons. The van der Waals surface area contributed by atoms with Crippen molar-refractivity contribution in [3.05, 3.63) is 42.5 Å². The normalized spacial score (nSPS) is 13.4. The maximum Gasteiger partial charge on any atom is 0.243 e. The molecule has 0 spiro atoms. The molecule has 1 aliphatic heterocycles.